The summed E-state index contributed by atoms with van der Waals surface area (Å²) in [6.45, 7) is 2.06. The molecule has 1 aliphatic heterocycles. The molecule has 1 N–H and O–H groups in total. The summed E-state index contributed by atoms with van der Waals surface area (Å²) in [7, 11) is 0. The Morgan fingerprint density at radius 3 is 2.81 bits per heavy atom. The molecule has 1 fully saturated rings. The van der Waals surface area contributed by atoms with Crippen LogP contribution in [-0.4, -0.2) is 33.9 Å². The summed E-state index contributed by atoms with van der Waals surface area (Å²) in [5.74, 6) is -1.72. The van der Waals surface area contributed by atoms with Crippen LogP contribution in [0.3, 0.4) is 0 Å². The molecule has 0 aliphatic carbocycles. The molecule has 5 nitrogen and oxygen atoms in total. The van der Waals surface area contributed by atoms with Gasteiger partial charge in [0, 0.05) is 30.1 Å². The van der Waals surface area contributed by atoms with Crippen molar-refractivity contribution in [2.24, 2.45) is 0 Å². The zero-order valence-electron chi connectivity index (χ0n) is 14.2. The summed E-state index contributed by atoms with van der Waals surface area (Å²) in [5, 5.41) is 10.9. The summed E-state index contributed by atoms with van der Waals surface area (Å²) in [4.78, 5) is 30.6. The Labute approximate surface area is 155 Å². The van der Waals surface area contributed by atoms with Gasteiger partial charge in [0.15, 0.2) is 5.78 Å². The van der Waals surface area contributed by atoms with Crippen molar-refractivity contribution in [3.8, 4) is 0 Å². The van der Waals surface area contributed by atoms with Gasteiger partial charge in [0.25, 0.3) is 5.91 Å². The van der Waals surface area contributed by atoms with Crippen LogP contribution in [0.25, 0.3) is 0 Å². The van der Waals surface area contributed by atoms with Crippen molar-refractivity contribution in [2.75, 3.05) is 11.4 Å². The number of aromatic nitrogens is 1. The Bertz CT molecular complexity index is 836. The molecule has 2 aromatic rings. The molecule has 26 heavy (non-hydrogen) atoms. The second kappa shape index (κ2) is 7.13. The first-order valence-electron chi connectivity index (χ1n) is 8.25. The van der Waals surface area contributed by atoms with Crippen LogP contribution in [0, 0.1) is 12.7 Å². The highest BCUT2D eigenvalue weighted by molar-refractivity contribution is 6.30. The predicted octanol–water partition coefficient (Wildman–Crippen LogP) is 2.85. The average molecular weight is 377 g/mol. The van der Waals surface area contributed by atoms with E-state index < -0.39 is 23.1 Å². The number of anilines is 1. The Kier molecular flexibility index (Phi) is 5.07. The van der Waals surface area contributed by atoms with E-state index in [4.69, 9.17) is 11.6 Å². The highest BCUT2D eigenvalue weighted by atomic mass is 35.5. The quantitative estimate of drug-likeness (QED) is 0.814. The molecule has 2 heterocycles. The fourth-order valence-corrected chi connectivity index (χ4v) is 3.29. The van der Waals surface area contributed by atoms with Gasteiger partial charge in [-0.1, -0.05) is 11.6 Å². The van der Waals surface area contributed by atoms with Crippen LogP contribution in [0.4, 0.5) is 10.1 Å². The Hall–Kier alpha value is -2.31. The Balaban J connectivity index is 1.70. The lowest BCUT2D eigenvalue weighted by molar-refractivity contribution is -0.147. The summed E-state index contributed by atoms with van der Waals surface area (Å²) < 4.78 is 13.4. The maximum absolute atomic E-state index is 13.4. The van der Waals surface area contributed by atoms with Crippen molar-refractivity contribution in [1.82, 2.24) is 4.98 Å². The standard InChI is InChI=1S/C19H18ClFN2O3/c1-12-2-4-16(11-22-12)23-7-6-19(26,18(23)25)17(24)5-3-13-8-14(20)10-15(21)9-13/h2,4,8-11,26H,3,5-7H2,1H3/t19-/m0/s1. The van der Waals surface area contributed by atoms with Gasteiger partial charge in [0.1, 0.15) is 5.82 Å². The second-order valence-corrected chi connectivity index (χ2v) is 6.86. The molecule has 1 saturated heterocycles. The number of nitrogens with zero attached hydrogens (tertiary/aromatic N) is 2. The van der Waals surface area contributed by atoms with E-state index in [0.29, 0.717) is 11.3 Å². The van der Waals surface area contributed by atoms with Gasteiger partial charge < -0.3 is 10.0 Å². The van der Waals surface area contributed by atoms with Crippen molar-refractivity contribution in [2.45, 2.75) is 31.8 Å². The van der Waals surface area contributed by atoms with E-state index in [2.05, 4.69) is 4.98 Å². The van der Waals surface area contributed by atoms with Crippen molar-refractivity contribution in [3.05, 3.63) is 58.6 Å². The summed E-state index contributed by atoms with van der Waals surface area (Å²) in [5.41, 5.74) is -0.166. The number of rotatable bonds is 5. The number of Topliss-reactive ketones (excluding diaryl/α,β-unsaturated/α-hetero) is 1. The first kappa shape index (κ1) is 18.5. The number of hydrogen-bond donors (Lipinski definition) is 1. The molecular formula is C19H18ClFN2O3. The maximum Gasteiger partial charge on any atom is 0.266 e. The maximum atomic E-state index is 13.4. The zero-order valence-corrected chi connectivity index (χ0v) is 15.0. The molecule has 1 amide bonds. The van der Waals surface area contributed by atoms with E-state index in [1.165, 1.54) is 23.2 Å². The molecular weight excluding hydrogens is 359 g/mol. The van der Waals surface area contributed by atoms with Gasteiger partial charge in [-0.2, -0.15) is 0 Å². The van der Waals surface area contributed by atoms with Gasteiger partial charge in [-0.05, 0) is 49.2 Å². The molecule has 136 valence electrons. The van der Waals surface area contributed by atoms with Crippen LogP contribution in [0.5, 0.6) is 0 Å². The third kappa shape index (κ3) is 3.61. The highest BCUT2D eigenvalue weighted by Gasteiger charge is 2.50. The molecule has 1 aliphatic rings. The number of halogens is 2. The van der Waals surface area contributed by atoms with Gasteiger partial charge in [0.05, 0.1) is 11.9 Å². The molecule has 1 aromatic carbocycles. The van der Waals surface area contributed by atoms with Crippen LogP contribution >= 0.6 is 11.6 Å². The molecule has 0 radical (unpaired) electrons. The third-order valence-corrected chi connectivity index (χ3v) is 4.75. The van der Waals surface area contributed by atoms with Crippen molar-refractivity contribution in [1.29, 1.82) is 0 Å². The number of aryl methyl sites for hydroxylation is 2. The Morgan fingerprint density at radius 1 is 1.38 bits per heavy atom. The fourth-order valence-electron chi connectivity index (χ4n) is 3.05. The van der Waals surface area contributed by atoms with E-state index in [-0.39, 0.29) is 30.8 Å². The SMILES string of the molecule is Cc1ccc(N2CC[C@](O)(C(=O)CCc3cc(F)cc(Cl)c3)C2=O)cn1. The lowest BCUT2D eigenvalue weighted by Gasteiger charge is -2.21. The first-order valence-corrected chi connectivity index (χ1v) is 8.63. The van der Waals surface area contributed by atoms with Crippen molar-refractivity contribution in [3.63, 3.8) is 0 Å². The minimum Gasteiger partial charge on any atom is -0.373 e. The average Bonchev–Trinajstić information content (AvgIpc) is 2.89. The Morgan fingerprint density at radius 2 is 2.15 bits per heavy atom. The normalized spacial score (nSPS) is 19.8. The minimum absolute atomic E-state index is 0.0163. The number of hydrogen-bond acceptors (Lipinski definition) is 4. The van der Waals surface area contributed by atoms with Gasteiger partial charge in [-0.25, -0.2) is 4.39 Å². The highest BCUT2D eigenvalue weighted by Crippen LogP contribution is 2.30. The third-order valence-electron chi connectivity index (χ3n) is 4.53. The van der Waals surface area contributed by atoms with Crippen LogP contribution in [0.2, 0.25) is 5.02 Å². The van der Waals surface area contributed by atoms with Gasteiger partial charge in [-0.3, -0.25) is 14.6 Å². The molecule has 0 saturated carbocycles. The number of pyridine rings is 1. The summed E-state index contributed by atoms with van der Waals surface area (Å²) >= 11 is 5.80. The number of benzene rings is 1. The first-order chi connectivity index (χ1) is 12.3. The van der Waals surface area contributed by atoms with Gasteiger partial charge >= 0.3 is 0 Å². The molecule has 0 spiro atoms. The predicted molar refractivity (Wildman–Crippen MR) is 95.6 cm³/mol. The lowest BCUT2D eigenvalue weighted by atomic mass is 9.92. The van der Waals surface area contributed by atoms with Gasteiger partial charge in [0.2, 0.25) is 5.60 Å². The molecule has 7 heteroatoms. The molecule has 1 aromatic heterocycles. The molecule has 3 rings (SSSR count). The van der Waals surface area contributed by atoms with Crippen molar-refractivity contribution < 1.29 is 19.1 Å². The van der Waals surface area contributed by atoms with Gasteiger partial charge in [-0.15, -0.1) is 0 Å². The van der Waals surface area contributed by atoms with Crippen LogP contribution in [-0.2, 0) is 16.0 Å². The van der Waals surface area contributed by atoms with Crippen LogP contribution in [0.15, 0.2) is 36.5 Å². The van der Waals surface area contributed by atoms with Crippen LogP contribution < -0.4 is 4.90 Å². The fraction of sp³-hybridized carbons (Fsp3) is 0.316. The molecule has 0 bridgehead atoms. The number of carbonyl (C=O) groups is 2. The van der Waals surface area contributed by atoms with E-state index in [9.17, 15) is 19.1 Å². The number of amides is 1. The van der Waals surface area contributed by atoms with E-state index in [0.717, 1.165) is 5.69 Å². The van der Waals surface area contributed by atoms with E-state index >= 15 is 0 Å². The summed E-state index contributed by atoms with van der Waals surface area (Å²) in [6, 6.07) is 7.50. The molecule has 0 unspecified atom stereocenters. The monoisotopic (exact) mass is 376 g/mol. The van der Waals surface area contributed by atoms with Crippen LogP contribution in [0.1, 0.15) is 24.1 Å². The minimum atomic E-state index is -2.05. The zero-order chi connectivity index (χ0) is 18.9. The largest absolute Gasteiger partial charge is 0.373 e. The topological polar surface area (TPSA) is 70.5 Å². The van der Waals surface area contributed by atoms with E-state index in [1.807, 2.05) is 6.92 Å². The number of aliphatic hydroxyl groups is 1. The number of ketones is 1. The van der Waals surface area contributed by atoms with Crippen molar-refractivity contribution >= 4 is 29.0 Å². The second-order valence-electron chi connectivity index (χ2n) is 6.43. The summed E-state index contributed by atoms with van der Waals surface area (Å²) in [6.07, 6.45) is 1.67. The number of carbonyl (C=O) groups excluding carboxylic acids is 2. The van der Waals surface area contributed by atoms with E-state index in [1.54, 1.807) is 18.2 Å². The lowest BCUT2D eigenvalue weighted by Crippen LogP contribution is -2.47. The molecule has 1 atom stereocenters. The smallest absolute Gasteiger partial charge is 0.266 e.